The van der Waals surface area contributed by atoms with Crippen LogP contribution in [0.1, 0.15) is 12.5 Å². The predicted molar refractivity (Wildman–Crippen MR) is 78.8 cm³/mol. The molecule has 4 nitrogen and oxygen atoms in total. The first-order valence-corrected chi connectivity index (χ1v) is 6.61. The Hall–Kier alpha value is -2.48. The lowest BCUT2D eigenvalue weighted by atomic mass is 10.0. The lowest BCUT2D eigenvalue weighted by Gasteiger charge is -2.22. The Morgan fingerprint density at radius 3 is 2.10 bits per heavy atom. The number of alkyl halides is 1. The molecule has 20 heavy (non-hydrogen) atoms. The molecule has 0 aliphatic heterocycles. The average Bonchev–Trinajstić information content (AvgIpc) is 2.50. The van der Waals surface area contributed by atoms with Gasteiger partial charge >= 0.3 is 0 Å². The summed E-state index contributed by atoms with van der Waals surface area (Å²) in [5, 5.41) is 26.8. The van der Waals surface area contributed by atoms with Gasteiger partial charge in [0.05, 0.1) is 5.57 Å². The number of allylic oxidation sites excluding steroid dienone is 2. The van der Waals surface area contributed by atoms with Gasteiger partial charge in [-0.3, -0.25) is 0 Å². The van der Waals surface area contributed by atoms with Gasteiger partial charge in [-0.1, -0.05) is 12.1 Å². The molecular formula is C15H13ClN4. The SMILES string of the molecule is CCN(CCCl)c1ccc(C(C#N)=C(C#N)C#N)cc1. The largest absolute Gasteiger partial charge is 0.371 e. The molecule has 0 amide bonds. The maximum absolute atomic E-state index is 9.08. The summed E-state index contributed by atoms with van der Waals surface area (Å²) in [5.74, 6) is 0.534. The molecule has 0 unspecified atom stereocenters. The highest BCUT2D eigenvalue weighted by molar-refractivity contribution is 6.18. The fourth-order valence-electron chi connectivity index (χ4n) is 1.81. The van der Waals surface area contributed by atoms with Crippen molar-refractivity contribution in [2.24, 2.45) is 0 Å². The summed E-state index contributed by atoms with van der Waals surface area (Å²) in [7, 11) is 0. The number of nitrogens with zero attached hydrogens (tertiary/aromatic N) is 4. The van der Waals surface area contributed by atoms with E-state index in [-0.39, 0.29) is 11.1 Å². The van der Waals surface area contributed by atoms with Gasteiger partial charge in [0.2, 0.25) is 0 Å². The van der Waals surface area contributed by atoms with Crippen molar-refractivity contribution in [3.63, 3.8) is 0 Å². The normalized spacial score (nSPS) is 8.95. The molecular weight excluding hydrogens is 272 g/mol. The molecule has 1 aromatic carbocycles. The molecule has 0 aliphatic carbocycles. The van der Waals surface area contributed by atoms with E-state index < -0.39 is 0 Å². The van der Waals surface area contributed by atoms with E-state index in [0.29, 0.717) is 11.4 Å². The summed E-state index contributed by atoms with van der Waals surface area (Å²) in [4.78, 5) is 2.10. The zero-order chi connectivity index (χ0) is 15.0. The Balaban J connectivity index is 3.15. The third-order valence-corrected chi connectivity index (χ3v) is 3.01. The highest BCUT2D eigenvalue weighted by atomic mass is 35.5. The molecule has 0 radical (unpaired) electrons. The van der Waals surface area contributed by atoms with E-state index in [9.17, 15) is 0 Å². The molecule has 0 saturated carbocycles. The summed E-state index contributed by atoms with van der Waals surface area (Å²) in [5.41, 5.74) is 1.48. The number of benzene rings is 1. The van der Waals surface area contributed by atoms with Crippen LogP contribution in [0.5, 0.6) is 0 Å². The van der Waals surface area contributed by atoms with E-state index in [1.54, 1.807) is 24.3 Å². The van der Waals surface area contributed by atoms with Crippen LogP contribution in [0.3, 0.4) is 0 Å². The summed E-state index contributed by atoms with van der Waals surface area (Å²) in [6, 6.07) is 12.6. The van der Waals surface area contributed by atoms with Gasteiger partial charge < -0.3 is 4.90 Å². The van der Waals surface area contributed by atoms with Crippen LogP contribution in [0.25, 0.3) is 5.57 Å². The van der Waals surface area contributed by atoms with Crippen LogP contribution in [0.15, 0.2) is 29.8 Å². The molecule has 0 bridgehead atoms. The van der Waals surface area contributed by atoms with Gasteiger partial charge in [-0.25, -0.2) is 0 Å². The van der Waals surface area contributed by atoms with E-state index in [1.165, 1.54) is 0 Å². The molecule has 0 aliphatic rings. The summed E-state index contributed by atoms with van der Waals surface area (Å²) >= 11 is 5.74. The molecule has 100 valence electrons. The standard InChI is InChI=1S/C15H13ClN4/c1-2-20(8-7-16)14-5-3-12(4-6-14)15(11-19)13(9-17)10-18/h3-6H,2,7-8H2,1H3. The second-order valence-corrected chi connectivity index (χ2v) is 4.28. The van der Waals surface area contributed by atoms with Crippen LogP contribution in [0.4, 0.5) is 5.69 Å². The Morgan fingerprint density at radius 1 is 1.10 bits per heavy atom. The van der Waals surface area contributed by atoms with Crippen molar-refractivity contribution in [3.8, 4) is 18.2 Å². The maximum Gasteiger partial charge on any atom is 0.148 e. The van der Waals surface area contributed by atoms with Gasteiger partial charge in [0.25, 0.3) is 0 Å². The van der Waals surface area contributed by atoms with Crippen molar-refractivity contribution >= 4 is 22.9 Å². The van der Waals surface area contributed by atoms with Crippen molar-refractivity contribution in [1.82, 2.24) is 0 Å². The first-order chi connectivity index (χ1) is 9.71. The second kappa shape index (κ2) is 7.85. The molecule has 0 heterocycles. The van der Waals surface area contributed by atoms with Gasteiger partial charge in [0, 0.05) is 24.7 Å². The Bertz CT molecular complexity index is 595. The highest BCUT2D eigenvalue weighted by Crippen LogP contribution is 2.22. The lowest BCUT2D eigenvalue weighted by Crippen LogP contribution is -2.24. The topological polar surface area (TPSA) is 74.6 Å². The number of hydrogen-bond donors (Lipinski definition) is 0. The van der Waals surface area contributed by atoms with Gasteiger partial charge in [-0.2, -0.15) is 15.8 Å². The van der Waals surface area contributed by atoms with Crippen LogP contribution in [-0.4, -0.2) is 19.0 Å². The van der Waals surface area contributed by atoms with Gasteiger partial charge in [0.1, 0.15) is 23.8 Å². The molecule has 0 fully saturated rings. The molecule has 0 aromatic heterocycles. The Labute approximate surface area is 123 Å². The minimum atomic E-state index is -0.173. The van der Waals surface area contributed by atoms with Crippen molar-refractivity contribution in [2.75, 3.05) is 23.9 Å². The van der Waals surface area contributed by atoms with Crippen molar-refractivity contribution in [3.05, 3.63) is 35.4 Å². The fraction of sp³-hybridized carbons (Fsp3) is 0.267. The smallest absolute Gasteiger partial charge is 0.148 e. The van der Waals surface area contributed by atoms with Crippen LogP contribution in [0.2, 0.25) is 0 Å². The summed E-state index contributed by atoms with van der Waals surface area (Å²) in [6.07, 6.45) is 0. The van der Waals surface area contributed by atoms with Crippen LogP contribution < -0.4 is 4.90 Å². The maximum atomic E-state index is 9.08. The molecule has 1 rings (SSSR count). The van der Waals surface area contributed by atoms with Crippen molar-refractivity contribution in [1.29, 1.82) is 15.8 Å². The zero-order valence-electron chi connectivity index (χ0n) is 11.1. The van der Waals surface area contributed by atoms with E-state index in [1.807, 2.05) is 25.1 Å². The van der Waals surface area contributed by atoms with Gasteiger partial charge in [-0.15, -0.1) is 11.6 Å². The number of rotatable bonds is 5. The minimum Gasteiger partial charge on any atom is -0.371 e. The third-order valence-electron chi connectivity index (χ3n) is 2.84. The molecule has 0 saturated heterocycles. The number of halogens is 1. The molecule has 0 spiro atoms. The highest BCUT2D eigenvalue weighted by Gasteiger charge is 2.10. The van der Waals surface area contributed by atoms with Gasteiger partial charge in [0.15, 0.2) is 0 Å². The van der Waals surface area contributed by atoms with Crippen LogP contribution in [-0.2, 0) is 0 Å². The summed E-state index contributed by atoms with van der Waals surface area (Å²) in [6.45, 7) is 3.60. The monoisotopic (exact) mass is 284 g/mol. The quantitative estimate of drug-likeness (QED) is 0.615. The van der Waals surface area contributed by atoms with Crippen molar-refractivity contribution < 1.29 is 0 Å². The first-order valence-electron chi connectivity index (χ1n) is 6.07. The minimum absolute atomic E-state index is 0.0990. The van der Waals surface area contributed by atoms with Crippen molar-refractivity contribution in [2.45, 2.75) is 6.92 Å². The lowest BCUT2D eigenvalue weighted by molar-refractivity contribution is 0.870. The van der Waals surface area contributed by atoms with E-state index >= 15 is 0 Å². The first kappa shape index (κ1) is 15.6. The Morgan fingerprint density at radius 2 is 1.70 bits per heavy atom. The number of nitriles is 3. The summed E-state index contributed by atoms with van der Waals surface area (Å²) < 4.78 is 0. The van der Waals surface area contributed by atoms with E-state index in [4.69, 9.17) is 27.4 Å². The number of hydrogen-bond acceptors (Lipinski definition) is 4. The van der Waals surface area contributed by atoms with Crippen LogP contribution >= 0.6 is 11.6 Å². The molecule has 1 aromatic rings. The fourth-order valence-corrected chi connectivity index (χ4v) is 2.02. The zero-order valence-corrected chi connectivity index (χ0v) is 11.9. The molecule has 5 heteroatoms. The average molecular weight is 285 g/mol. The third kappa shape index (κ3) is 3.51. The second-order valence-electron chi connectivity index (χ2n) is 3.90. The Kier molecular flexibility index (Phi) is 6.11. The molecule has 0 atom stereocenters. The molecule has 0 N–H and O–H groups in total. The predicted octanol–water partition coefficient (Wildman–Crippen LogP) is 3.08. The van der Waals surface area contributed by atoms with Crippen LogP contribution in [0, 0.1) is 34.0 Å². The van der Waals surface area contributed by atoms with Gasteiger partial charge in [-0.05, 0) is 24.6 Å². The van der Waals surface area contributed by atoms with E-state index in [2.05, 4.69) is 4.90 Å². The van der Waals surface area contributed by atoms with E-state index in [0.717, 1.165) is 18.8 Å². The number of anilines is 1.